The molecule has 0 spiro atoms. The Morgan fingerprint density at radius 1 is 1.03 bits per heavy atom. The molecule has 2 fully saturated rings. The minimum atomic E-state index is -3.66. The second kappa shape index (κ2) is 9.12. The van der Waals surface area contributed by atoms with Gasteiger partial charge in [-0.05, 0) is 38.4 Å². The van der Waals surface area contributed by atoms with Gasteiger partial charge in [0.2, 0.25) is 15.9 Å². The van der Waals surface area contributed by atoms with Crippen molar-refractivity contribution >= 4 is 15.9 Å². The predicted molar refractivity (Wildman–Crippen MR) is 114 cm³/mol. The predicted octanol–water partition coefficient (Wildman–Crippen LogP) is 1.45. The van der Waals surface area contributed by atoms with Crippen molar-refractivity contribution in [2.75, 3.05) is 52.9 Å². The summed E-state index contributed by atoms with van der Waals surface area (Å²) in [5.74, 6) is 0.0315. The maximum Gasteiger partial charge on any atom is 0.244 e. The highest BCUT2D eigenvalue weighted by Gasteiger charge is 2.41. The summed E-state index contributed by atoms with van der Waals surface area (Å²) >= 11 is 0. The Morgan fingerprint density at radius 3 is 2.24 bits per heavy atom. The number of hydrogen-bond acceptors (Lipinski definition) is 5. The number of likely N-dealkylation sites (N-methyl/N-ethyl adjacent to an activating group) is 1. The van der Waals surface area contributed by atoms with E-state index in [9.17, 15) is 13.2 Å². The Hall–Kier alpha value is -1.48. The van der Waals surface area contributed by atoms with Gasteiger partial charge in [0.1, 0.15) is 6.17 Å². The first kappa shape index (κ1) is 22.2. The van der Waals surface area contributed by atoms with Crippen LogP contribution in [0.4, 0.5) is 0 Å². The number of rotatable bonds is 5. The topological polar surface area (TPSA) is 64.2 Å². The zero-order chi connectivity index (χ0) is 21.2. The van der Waals surface area contributed by atoms with Gasteiger partial charge in [-0.25, -0.2) is 8.42 Å². The van der Waals surface area contributed by atoms with Crippen molar-refractivity contribution in [1.29, 1.82) is 0 Å². The molecule has 1 aromatic rings. The van der Waals surface area contributed by atoms with Crippen LogP contribution in [0.3, 0.4) is 0 Å². The molecule has 7 nitrogen and oxygen atoms in total. The minimum Gasteiger partial charge on any atom is -0.325 e. The van der Waals surface area contributed by atoms with Crippen LogP contribution in [0.5, 0.6) is 0 Å². The fourth-order valence-corrected chi connectivity index (χ4v) is 5.94. The van der Waals surface area contributed by atoms with Crippen molar-refractivity contribution in [3.63, 3.8) is 0 Å². The Kier molecular flexibility index (Phi) is 6.98. The third-order valence-electron chi connectivity index (χ3n) is 5.89. The molecule has 0 aliphatic carbocycles. The van der Waals surface area contributed by atoms with Crippen LogP contribution in [0.15, 0.2) is 29.2 Å². The van der Waals surface area contributed by atoms with E-state index in [1.807, 2.05) is 32.9 Å². The fourth-order valence-electron chi connectivity index (χ4n) is 4.18. The van der Waals surface area contributed by atoms with Gasteiger partial charge in [0.15, 0.2) is 0 Å². The number of aryl methyl sites for hydroxylation is 1. The highest BCUT2D eigenvalue weighted by molar-refractivity contribution is 7.89. The molecule has 2 heterocycles. The molecule has 0 radical (unpaired) electrons. The SMILES string of the molecule is Cc1ccc(S(=O)(=O)N2CCCN(C(=O)CN3CCN(C)CC3)[C@H]2C(C)C)cc1. The molecular weight excluding hydrogens is 388 g/mol. The van der Waals surface area contributed by atoms with E-state index in [1.165, 1.54) is 4.31 Å². The first-order chi connectivity index (χ1) is 13.7. The number of amides is 1. The van der Waals surface area contributed by atoms with Gasteiger partial charge in [-0.2, -0.15) is 4.31 Å². The number of sulfonamides is 1. The summed E-state index contributed by atoms with van der Waals surface area (Å²) in [7, 11) is -1.57. The van der Waals surface area contributed by atoms with E-state index < -0.39 is 16.2 Å². The Bertz CT molecular complexity index is 802. The molecule has 0 aromatic heterocycles. The summed E-state index contributed by atoms with van der Waals surface area (Å²) in [6, 6.07) is 6.95. The van der Waals surface area contributed by atoms with Gasteiger partial charge in [-0.3, -0.25) is 9.69 Å². The van der Waals surface area contributed by atoms with Gasteiger partial charge >= 0.3 is 0 Å². The van der Waals surface area contributed by atoms with Crippen molar-refractivity contribution in [2.24, 2.45) is 5.92 Å². The molecule has 0 saturated carbocycles. The number of piperazine rings is 1. The quantitative estimate of drug-likeness (QED) is 0.719. The molecule has 1 atom stereocenters. The lowest BCUT2D eigenvalue weighted by molar-refractivity contribution is -0.141. The molecule has 2 saturated heterocycles. The third-order valence-corrected chi connectivity index (χ3v) is 7.77. The Morgan fingerprint density at radius 2 is 1.66 bits per heavy atom. The van der Waals surface area contributed by atoms with Crippen LogP contribution in [0.2, 0.25) is 0 Å². The second-order valence-corrected chi connectivity index (χ2v) is 10.5. The zero-order valence-electron chi connectivity index (χ0n) is 18.0. The summed E-state index contributed by atoms with van der Waals surface area (Å²) in [6.45, 7) is 11.0. The molecule has 2 aliphatic heterocycles. The summed E-state index contributed by atoms with van der Waals surface area (Å²) in [5, 5.41) is 0. The highest BCUT2D eigenvalue weighted by atomic mass is 32.2. The molecule has 3 rings (SSSR count). The van der Waals surface area contributed by atoms with Gasteiger partial charge in [0, 0.05) is 39.3 Å². The average Bonchev–Trinajstić information content (AvgIpc) is 2.69. The van der Waals surface area contributed by atoms with E-state index in [4.69, 9.17) is 0 Å². The lowest BCUT2D eigenvalue weighted by Gasteiger charge is -2.45. The third kappa shape index (κ3) is 4.99. The molecule has 0 bridgehead atoms. The fraction of sp³-hybridized carbons (Fsp3) is 0.667. The van der Waals surface area contributed by atoms with Crippen molar-refractivity contribution < 1.29 is 13.2 Å². The maximum absolute atomic E-state index is 13.4. The minimum absolute atomic E-state index is 0.00645. The van der Waals surface area contributed by atoms with Crippen molar-refractivity contribution in [3.8, 4) is 0 Å². The lowest BCUT2D eigenvalue weighted by atomic mass is 10.1. The van der Waals surface area contributed by atoms with Crippen molar-refractivity contribution in [3.05, 3.63) is 29.8 Å². The van der Waals surface area contributed by atoms with Gasteiger partial charge in [-0.15, -0.1) is 0 Å². The standard InChI is InChI=1S/C21H34N4O3S/c1-17(2)21-24(20(26)16-23-14-12-22(4)13-15-23)10-5-11-25(21)29(27,28)19-8-6-18(3)7-9-19/h6-9,17,21H,5,10-16H2,1-4H3/t21-/m1/s1. The Balaban J connectivity index is 1.80. The largest absolute Gasteiger partial charge is 0.325 e. The number of carbonyl (C=O) groups is 1. The summed E-state index contributed by atoms with van der Waals surface area (Å²) in [4.78, 5) is 19.7. The van der Waals surface area contributed by atoms with Crippen molar-refractivity contribution in [2.45, 2.75) is 38.3 Å². The van der Waals surface area contributed by atoms with E-state index >= 15 is 0 Å². The molecule has 162 valence electrons. The molecule has 1 amide bonds. The van der Waals surface area contributed by atoms with Crippen molar-refractivity contribution in [1.82, 2.24) is 19.0 Å². The molecule has 0 N–H and O–H groups in total. The first-order valence-corrected chi connectivity index (χ1v) is 11.9. The van der Waals surface area contributed by atoms with Crippen LogP contribution in [0, 0.1) is 12.8 Å². The van der Waals surface area contributed by atoms with Crippen LogP contribution in [0.25, 0.3) is 0 Å². The molecule has 2 aliphatic rings. The number of hydrogen-bond donors (Lipinski definition) is 0. The second-order valence-electron chi connectivity index (χ2n) is 8.61. The van der Waals surface area contributed by atoms with Gasteiger partial charge in [0.25, 0.3) is 0 Å². The summed E-state index contributed by atoms with van der Waals surface area (Å²) in [5.41, 5.74) is 1.02. The molecule has 0 unspecified atom stereocenters. The zero-order valence-corrected chi connectivity index (χ0v) is 18.9. The first-order valence-electron chi connectivity index (χ1n) is 10.5. The van der Waals surface area contributed by atoms with Crippen LogP contribution in [-0.2, 0) is 14.8 Å². The molecule has 29 heavy (non-hydrogen) atoms. The molecule has 8 heteroatoms. The van der Waals surface area contributed by atoms with Gasteiger partial charge < -0.3 is 9.80 Å². The smallest absolute Gasteiger partial charge is 0.244 e. The van der Waals surface area contributed by atoms with E-state index in [1.54, 1.807) is 17.0 Å². The van der Waals surface area contributed by atoms with Crippen LogP contribution in [0.1, 0.15) is 25.8 Å². The number of carbonyl (C=O) groups excluding carboxylic acids is 1. The van der Waals surface area contributed by atoms with E-state index in [-0.39, 0.29) is 11.8 Å². The van der Waals surface area contributed by atoms with Gasteiger partial charge in [-0.1, -0.05) is 31.5 Å². The summed E-state index contributed by atoms with van der Waals surface area (Å²) < 4.78 is 28.3. The maximum atomic E-state index is 13.4. The van der Waals surface area contributed by atoms with E-state index in [0.717, 1.165) is 31.7 Å². The number of benzene rings is 1. The van der Waals surface area contributed by atoms with Gasteiger partial charge in [0.05, 0.1) is 11.4 Å². The highest BCUT2D eigenvalue weighted by Crippen LogP contribution is 2.28. The van der Waals surface area contributed by atoms with Crippen LogP contribution < -0.4 is 0 Å². The normalized spacial score (nSPS) is 22.9. The van der Waals surface area contributed by atoms with E-state index in [0.29, 0.717) is 31.0 Å². The van der Waals surface area contributed by atoms with E-state index in [2.05, 4.69) is 16.8 Å². The molecular formula is C21H34N4O3S. The summed E-state index contributed by atoms with van der Waals surface area (Å²) in [6.07, 6.45) is 0.206. The lowest BCUT2D eigenvalue weighted by Crippen LogP contribution is -2.61. The Labute approximate surface area is 175 Å². The monoisotopic (exact) mass is 422 g/mol. The molecule has 1 aromatic carbocycles. The number of nitrogens with zero attached hydrogens (tertiary/aromatic N) is 4. The van der Waals surface area contributed by atoms with Crippen LogP contribution in [-0.4, -0.2) is 92.4 Å². The average molecular weight is 423 g/mol. The van der Waals surface area contributed by atoms with Crippen LogP contribution >= 0.6 is 0 Å².